The molecule has 1 aliphatic heterocycles. The highest BCUT2D eigenvalue weighted by molar-refractivity contribution is 5.83. The van der Waals surface area contributed by atoms with Gasteiger partial charge in [-0.3, -0.25) is 30.0 Å². The molecular formula is C24H30N4O6. The van der Waals surface area contributed by atoms with Gasteiger partial charge in [0.1, 0.15) is 6.04 Å². The third-order valence-corrected chi connectivity index (χ3v) is 6.01. The zero-order valence-electron chi connectivity index (χ0n) is 19.2. The molecule has 10 heteroatoms. The molecule has 2 aromatic rings. The van der Waals surface area contributed by atoms with Crippen LogP contribution in [0.4, 0.5) is 0 Å². The predicted molar refractivity (Wildman–Crippen MR) is 123 cm³/mol. The number of benzene rings is 1. The Hall–Kier alpha value is -3.37. The van der Waals surface area contributed by atoms with Gasteiger partial charge < -0.3 is 15.2 Å². The van der Waals surface area contributed by atoms with Crippen molar-refractivity contribution in [2.45, 2.75) is 51.1 Å². The minimum Gasteiger partial charge on any atom is -0.481 e. The van der Waals surface area contributed by atoms with Crippen LogP contribution in [0, 0.1) is 22.0 Å². The van der Waals surface area contributed by atoms with E-state index in [2.05, 4.69) is 15.6 Å². The first-order valence-corrected chi connectivity index (χ1v) is 11.2. The number of amides is 1. The lowest BCUT2D eigenvalue weighted by Crippen LogP contribution is -2.51. The minimum absolute atomic E-state index is 0.0724. The molecule has 1 saturated heterocycles. The molecule has 1 aromatic carbocycles. The number of pyridine rings is 1. The number of ether oxygens (including phenoxy) is 1. The van der Waals surface area contributed by atoms with E-state index < -0.39 is 42.0 Å². The van der Waals surface area contributed by atoms with E-state index in [-0.39, 0.29) is 30.4 Å². The second-order valence-electron chi connectivity index (χ2n) is 8.70. The smallest absolute Gasteiger partial charge is 0.305 e. The Labute approximate surface area is 197 Å². The highest BCUT2D eigenvalue weighted by atomic mass is 16.6. The normalized spacial score (nSPS) is 22.9. The molecule has 182 valence electrons. The summed E-state index contributed by atoms with van der Waals surface area (Å²) in [4.78, 5) is 40.1. The fourth-order valence-corrected chi connectivity index (χ4v) is 4.49. The van der Waals surface area contributed by atoms with Crippen LogP contribution in [0.5, 0.6) is 0 Å². The Bertz CT molecular complexity index is 972. The summed E-state index contributed by atoms with van der Waals surface area (Å²) in [5, 5.41) is 27.0. The lowest BCUT2D eigenvalue weighted by Gasteiger charge is -2.31. The van der Waals surface area contributed by atoms with Crippen LogP contribution in [0.1, 0.15) is 37.4 Å². The van der Waals surface area contributed by atoms with Crippen molar-refractivity contribution >= 4 is 11.9 Å². The third-order valence-electron chi connectivity index (χ3n) is 6.01. The molecule has 1 amide bonds. The molecule has 3 rings (SSSR count). The van der Waals surface area contributed by atoms with Crippen molar-refractivity contribution in [3.63, 3.8) is 0 Å². The molecule has 2 heterocycles. The summed E-state index contributed by atoms with van der Waals surface area (Å²) in [6.45, 7) is 3.99. The molecule has 34 heavy (non-hydrogen) atoms. The molecule has 0 bridgehead atoms. The second kappa shape index (κ2) is 11.7. The number of carbonyl (C=O) groups is 2. The first-order valence-electron chi connectivity index (χ1n) is 11.2. The van der Waals surface area contributed by atoms with Gasteiger partial charge in [-0.1, -0.05) is 50.2 Å². The molecule has 0 radical (unpaired) electrons. The monoisotopic (exact) mass is 470 g/mol. The third kappa shape index (κ3) is 6.15. The van der Waals surface area contributed by atoms with Crippen molar-refractivity contribution in [2.75, 3.05) is 6.54 Å². The van der Waals surface area contributed by atoms with Gasteiger partial charge >= 0.3 is 5.97 Å². The SMILES string of the molecule is CC(C)[C@H](OCc1ccccc1)[C@H]1[C@H]([N+](=O)[O-])[C@H](c2cccnc2)N[C@@H]1C(=O)NCCC(=O)O. The number of carboxylic acids is 1. The highest BCUT2D eigenvalue weighted by Crippen LogP contribution is 2.39. The topological polar surface area (TPSA) is 144 Å². The van der Waals surface area contributed by atoms with E-state index in [4.69, 9.17) is 9.84 Å². The number of aliphatic carboxylic acids is 1. The van der Waals surface area contributed by atoms with E-state index in [9.17, 15) is 19.7 Å². The number of nitrogens with one attached hydrogen (secondary N) is 2. The number of nitrogens with zero attached hydrogens (tertiary/aromatic N) is 2. The molecule has 0 spiro atoms. The van der Waals surface area contributed by atoms with Gasteiger partial charge in [-0.2, -0.15) is 0 Å². The van der Waals surface area contributed by atoms with E-state index in [1.165, 1.54) is 0 Å². The fourth-order valence-electron chi connectivity index (χ4n) is 4.49. The number of carbonyl (C=O) groups excluding carboxylic acids is 1. The largest absolute Gasteiger partial charge is 0.481 e. The van der Waals surface area contributed by atoms with E-state index >= 15 is 0 Å². The van der Waals surface area contributed by atoms with Crippen molar-refractivity contribution < 1.29 is 24.4 Å². The van der Waals surface area contributed by atoms with Crippen LogP contribution in [-0.4, -0.2) is 51.6 Å². The summed E-state index contributed by atoms with van der Waals surface area (Å²) in [7, 11) is 0. The maximum absolute atomic E-state index is 13.1. The van der Waals surface area contributed by atoms with Gasteiger partial charge in [0.15, 0.2) is 0 Å². The van der Waals surface area contributed by atoms with Crippen molar-refractivity contribution in [1.82, 2.24) is 15.6 Å². The Kier molecular flexibility index (Phi) is 8.67. The number of nitro groups is 1. The number of hydrogen-bond acceptors (Lipinski definition) is 7. The van der Waals surface area contributed by atoms with Crippen LogP contribution >= 0.6 is 0 Å². The molecular weight excluding hydrogens is 440 g/mol. The van der Waals surface area contributed by atoms with E-state index in [0.29, 0.717) is 5.56 Å². The molecule has 1 aromatic heterocycles. The summed E-state index contributed by atoms with van der Waals surface area (Å²) in [5.41, 5.74) is 1.52. The Morgan fingerprint density at radius 2 is 1.97 bits per heavy atom. The zero-order chi connectivity index (χ0) is 24.7. The summed E-state index contributed by atoms with van der Waals surface area (Å²) < 4.78 is 6.23. The Balaban J connectivity index is 1.93. The molecule has 1 fully saturated rings. The first kappa shape index (κ1) is 25.3. The van der Waals surface area contributed by atoms with Crippen molar-refractivity contribution in [1.29, 1.82) is 0 Å². The summed E-state index contributed by atoms with van der Waals surface area (Å²) >= 11 is 0. The number of hydrogen-bond donors (Lipinski definition) is 3. The lowest BCUT2D eigenvalue weighted by molar-refractivity contribution is -0.535. The number of rotatable bonds is 11. The standard InChI is InChI=1S/C24H30N4O6/c1-15(2)23(34-14-16-7-4-3-5-8-16)19-21(24(31)26-12-10-18(29)30)27-20(22(19)28(32)33)17-9-6-11-25-13-17/h3-9,11,13,15,19-23,27H,10,12,14H2,1-2H3,(H,26,31)(H,29,30)/t19-,20+,21+,22+,23+/m1/s1. The molecule has 10 nitrogen and oxygen atoms in total. The quantitative estimate of drug-likeness (QED) is 0.335. The Morgan fingerprint density at radius 3 is 2.56 bits per heavy atom. The molecule has 0 aliphatic carbocycles. The molecule has 0 saturated carbocycles. The number of carboxylic acid groups (broad SMARTS) is 1. The van der Waals surface area contributed by atoms with Crippen LogP contribution < -0.4 is 10.6 Å². The van der Waals surface area contributed by atoms with E-state index in [1.807, 2.05) is 44.2 Å². The number of aromatic nitrogens is 1. The molecule has 1 aliphatic rings. The van der Waals surface area contributed by atoms with Crippen LogP contribution in [0.15, 0.2) is 54.9 Å². The highest BCUT2D eigenvalue weighted by Gasteiger charge is 2.57. The van der Waals surface area contributed by atoms with E-state index in [1.54, 1.807) is 24.5 Å². The van der Waals surface area contributed by atoms with E-state index in [0.717, 1.165) is 5.56 Å². The molecule has 0 unspecified atom stereocenters. The fraction of sp³-hybridized carbons (Fsp3) is 0.458. The second-order valence-corrected chi connectivity index (χ2v) is 8.70. The van der Waals surface area contributed by atoms with Gasteiger partial charge in [0.25, 0.3) is 0 Å². The summed E-state index contributed by atoms with van der Waals surface area (Å²) in [6, 6.07) is 10.0. The van der Waals surface area contributed by atoms with Crippen molar-refractivity contribution in [2.24, 2.45) is 11.8 Å². The van der Waals surface area contributed by atoms with Gasteiger partial charge in [0.2, 0.25) is 11.9 Å². The maximum atomic E-state index is 13.1. The minimum atomic E-state index is -1.15. The molecule has 5 atom stereocenters. The van der Waals surface area contributed by atoms with Gasteiger partial charge in [-0.05, 0) is 23.1 Å². The predicted octanol–water partition coefficient (Wildman–Crippen LogP) is 2.19. The van der Waals surface area contributed by atoms with Gasteiger partial charge in [-0.25, -0.2) is 0 Å². The maximum Gasteiger partial charge on any atom is 0.305 e. The van der Waals surface area contributed by atoms with Crippen molar-refractivity contribution in [3.8, 4) is 0 Å². The van der Waals surface area contributed by atoms with Gasteiger partial charge in [0, 0.05) is 23.9 Å². The lowest BCUT2D eigenvalue weighted by atomic mass is 9.82. The Morgan fingerprint density at radius 1 is 1.24 bits per heavy atom. The average Bonchev–Trinajstić information content (AvgIpc) is 3.21. The molecule has 3 N–H and O–H groups in total. The van der Waals surface area contributed by atoms with Crippen LogP contribution in [0.3, 0.4) is 0 Å². The summed E-state index contributed by atoms with van der Waals surface area (Å²) in [5.74, 6) is -2.45. The van der Waals surface area contributed by atoms with Crippen molar-refractivity contribution in [3.05, 3.63) is 76.1 Å². The van der Waals surface area contributed by atoms with Gasteiger partial charge in [0.05, 0.1) is 31.1 Å². The van der Waals surface area contributed by atoms with Crippen LogP contribution in [-0.2, 0) is 20.9 Å². The van der Waals surface area contributed by atoms with Gasteiger partial charge in [-0.15, -0.1) is 0 Å². The summed E-state index contributed by atoms with van der Waals surface area (Å²) in [6.07, 6.45) is 2.27. The van der Waals surface area contributed by atoms with Crippen LogP contribution in [0.2, 0.25) is 0 Å². The average molecular weight is 471 g/mol. The van der Waals surface area contributed by atoms with Crippen LogP contribution in [0.25, 0.3) is 0 Å². The zero-order valence-corrected chi connectivity index (χ0v) is 19.2. The first-order chi connectivity index (χ1) is 16.3.